The fourth-order valence-corrected chi connectivity index (χ4v) is 1.05. The summed E-state index contributed by atoms with van der Waals surface area (Å²) in [6, 6.07) is 0. The Morgan fingerprint density at radius 2 is 2.00 bits per heavy atom. The van der Waals surface area contributed by atoms with Crippen LogP contribution in [-0.2, 0) is 4.79 Å². The Labute approximate surface area is 101 Å². The van der Waals surface area contributed by atoms with Gasteiger partial charge in [-0.2, -0.15) is 10.2 Å². The second-order valence-corrected chi connectivity index (χ2v) is 3.24. The van der Waals surface area contributed by atoms with Gasteiger partial charge in [-0.05, 0) is 49.0 Å². The quantitative estimate of drug-likeness (QED) is 0.532. The number of hydrogen-bond acceptors (Lipinski definition) is 3. The van der Waals surface area contributed by atoms with Crippen molar-refractivity contribution in [3.05, 3.63) is 72.7 Å². The first-order valence-corrected chi connectivity index (χ1v) is 5.23. The first-order valence-electron chi connectivity index (χ1n) is 5.23. The van der Waals surface area contributed by atoms with Crippen LogP contribution in [0.3, 0.4) is 0 Å². The molecule has 0 aromatic heterocycles. The highest BCUT2D eigenvalue weighted by Crippen LogP contribution is 2.07. The number of azo groups is 1. The molecule has 0 N–H and O–H groups in total. The predicted molar refractivity (Wildman–Crippen MR) is 69.3 cm³/mol. The lowest BCUT2D eigenvalue weighted by Gasteiger charge is -1.95. The molecule has 0 aromatic carbocycles. The highest BCUT2D eigenvalue weighted by atomic mass is 16.1. The van der Waals surface area contributed by atoms with E-state index in [0.717, 1.165) is 5.57 Å². The molecule has 0 amide bonds. The van der Waals surface area contributed by atoms with Crippen LogP contribution < -0.4 is 0 Å². The zero-order valence-corrected chi connectivity index (χ0v) is 9.71. The Balaban J connectivity index is 2.69. The van der Waals surface area contributed by atoms with Crippen molar-refractivity contribution >= 4 is 5.78 Å². The van der Waals surface area contributed by atoms with E-state index in [1.165, 1.54) is 12.2 Å². The van der Waals surface area contributed by atoms with Crippen LogP contribution in [0.25, 0.3) is 0 Å². The maximum atomic E-state index is 10.9. The molecule has 0 aliphatic heterocycles. The SMILES string of the molecule is C=C/C(=C\C=C/C)N=NC=C1C=CC(=O)C=C1. The van der Waals surface area contributed by atoms with Gasteiger partial charge in [0, 0.05) is 0 Å². The van der Waals surface area contributed by atoms with Crippen molar-refractivity contribution in [1.29, 1.82) is 0 Å². The Hall–Kier alpha value is -2.29. The Morgan fingerprint density at radius 3 is 2.59 bits per heavy atom. The van der Waals surface area contributed by atoms with Crippen LogP contribution in [-0.4, -0.2) is 5.78 Å². The maximum Gasteiger partial charge on any atom is 0.178 e. The van der Waals surface area contributed by atoms with Crippen LogP contribution in [0.1, 0.15) is 6.92 Å². The third kappa shape index (κ3) is 4.84. The van der Waals surface area contributed by atoms with E-state index in [1.807, 2.05) is 25.2 Å². The predicted octanol–water partition coefficient (Wildman–Crippen LogP) is 3.66. The van der Waals surface area contributed by atoms with Gasteiger partial charge in [-0.15, -0.1) is 0 Å². The lowest BCUT2D eigenvalue weighted by molar-refractivity contribution is -0.110. The number of carbonyl (C=O) groups is 1. The lowest BCUT2D eigenvalue weighted by atomic mass is 10.1. The van der Waals surface area contributed by atoms with E-state index in [9.17, 15) is 4.79 Å². The van der Waals surface area contributed by atoms with Crippen LogP contribution in [0, 0.1) is 0 Å². The molecular weight excluding hydrogens is 212 g/mol. The molecule has 0 unspecified atom stereocenters. The normalized spacial score (nSPS) is 16.2. The van der Waals surface area contributed by atoms with Gasteiger partial charge >= 0.3 is 0 Å². The molecule has 0 aromatic rings. The first-order chi connectivity index (χ1) is 8.26. The largest absolute Gasteiger partial charge is 0.290 e. The molecule has 0 radical (unpaired) electrons. The molecule has 1 aliphatic carbocycles. The van der Waals surface area contributed by atoms with Gasteiger partial charge in [-0.3, -0.25) is 4.79 Å². The van der Waals surface area contributed by atoms with Gasteiger partial charge in [-0.25, -0.2) is 0 Å². The van der Waals surface area contributed by atoms with E-state index in [-0.39, 0.29) is 5.78 Å². The van der Waals surface area contributed by atoms with E-state index in [1.54, 1.807) is 24.4 Å². The molecule has 1 aliphatic rings. The molecule has 17 heavy (non-hydrogen) atoms. The van der Waals surface area contributed by atoms with Crippen molar-refractivity contribution in [2.75, 3.05) is 0 Å². The van der Waals surface area contributed by atoms with Gasteiger partial charge in [0.15, 0.2) is 5.78 Å². The third-order valence-corrected chi connectivity index (χ3v) is 1.93. The standard InChI is InChI=1S/C14H14N2O/c1-3-5-6-13(4-2)16-15-11-12-7-9-14(17)10-8-12/h3-11H,2H2,1H3/b5-3-,13-6+,16-15?. The molecule has 3 heteroatoms. The molecule has 0 saturated carbocycles. The number of allylic oxidation sites excluding steroid dienone is 9. The van der Waals surface area contributed by atoms with Crippen molar-refractivity contribution in [2.45, 2.75) is 6.92 Å². The van der Waals surface area contributed by atoms with Crippen molar-refractivity contribution in [2.24, 2.45) is 10.2 Å². The Morgan fingerprint density at radius 1 is 1.29 bits per heavy atom. The van der Waals surface area contributed by atoms with Gasteiger partial charge < -0.3 is 0 Å². The summed E-state index contributed by atoms with van der Waals surface area (Å²) in [4.78, 5) is 10.9. The van der Waals surface area contributed by atoms with E-state index in [4.69, 9.17) is 0 Å². The van der Waals surface area contributed by atoms with Crippen LogP contribution >= 0.6 is 0 Å². The minimum Gasteiger partial charge on any atom is -0.290 e. The van der Waals surface area contributed by atoms with Crippen LogP contribution in [0.2, 0.25) is 0 Å². The Bertz CT molecular complexity index is 456. The van der Waals surface area contributed by atoms with E-state index < -0.39 is 0 Å². The summed E-state index contributed by atoms with van der Waals surface area (Å²) in [5.74, 6) is -0.0150. The topological polar surface area (TPSA) is 41.8 Å². The van der Waals surface area contributed by atoms with Crippen LogP contribution in [0.4, 0.5) is 0 Å². The number of carbonyl (C=O) groups excluding carboxylic acids is 1. The molecule has 0 atom stereocenters. The number of ketones is 1. The molecule has 1 rings (SSSR count). The molecule has 0 spiro atoms. The van der Waals surface area contributed by atoms with Crippen molar-refractivity contribution in [3.8, 4) is 0 Å². The Kier molecular flexibility index (Phi) is 5.31. The number of nitrogens with zero attached hydrogens (tertiary/aromatic N) is 2. The second-order valence-electron chi connectivity index (χ2n) is 3.24. The molecule has 0 fully saturated rings. The molecule has 86 valence electrons. The molecular formula is C14H14N2O. The average Bonchev–Trinajstić information content (AvgIpc) is 2.36. The van der Waals surface area contributed by atoms with E-state index in [2.05, 4.69) is 16.8 Å². The van der Waals surface area contributed by atoms with Crippen molar-refractivity contribution < 1.29 is 4.79 Å². The van der Waals surface area contributed by atoms with Gasteiger partial charge in [0.2, 0.25) is 0 Å². The zero-order chi connectivity index (χ0) is 12.5. The molecule has 0 bridgehead atoms. The van der Waals surface area contributed by atoms with Gasteiger partial charge in [0.1, 0.15) is 0 Å². The lowest BCUT2D eigenvalue weighted by Crippen LogP contribution is -1.90. The smallest absolute Gasteiger partial charge is 0.178 e. The fourth-order valence-electron chi connectivity index (χ4n) is 1.05. The highest BCUT2D eigenvalue weighted by Gasteiger charge is 1.96. The van der Waals surface area contributed by atoms with E-state index >= 15 is 0 Å². The summed E-state index contributed by atoms with van der Waals surface area (Å²) in [5, 5.41) is 7.90. The van der Waals surface area contributed by atoms with Crippen molar-refractivity contribution in [3.63, 3.8) is 0 Å². The van der Waals surface area contributed by atoms with Crippen LogP contribution in [0.5, 0.6) is 0 Å². The zero-order valence-electron chi connectivity index (χ0n) is 9.71. The molecule has 3 nitrogen and oxygen atoms in total. The molecule has 0 heterocycles. The van der Waals surface area contributed by atoms with Gasteiger partial charge in [-0.1, -0.05) is 18.7 Å². The summed E-state index contributed by atoms with van der Waals surface area (Å²) >= 11 is 0. The number of hydrogen-bond donors (Lipinski definition) is 0. The summed E-state index contributed by atoms with van der Waals surface area (Å²) in [6.07, 6.45) is 15.2. The maximum absolute atomic E-state index is 10.9. The molecule has 0 saturated heterocycles. The first kappa shape index (κ1) is 12.8. The second kappa shape index (κ2) is 7.06. The van der Waals surface area contributed by atoms with E-state index in [0.29, 0.717) is 5.70 Å². The summed E-state index contributed by atoms with van der Waals surface area (Å²) in [6.45, 7) is 5.56. The van der Waals surface area contributed by atoms with Crippen molar-refractivity contribution in [1.82, 2.24) is 0 Å². The van der Waals surface area contributed by atoms with Crippen LogP contribution in [0.15, 0.2) is 82.9 Å². The monoisotopic (exact) mass is 226 g/mol. The third-order valence-electron chi connectivity index (χ3n) is 1.93. The minimum atomic E-state index is -0.0150. The van der Waals surface area contributed by atoms with Gasteiger partial charge in [0.25, 0.3) is 0 Å². The highest BCUT2D eigenvalue weighted by molar-refractivity contribution is 6.01. The summed E-state index contributed by atoms with van der Waals surface area (Å²) in [5.41, 5.74) is 1.52. The number of rotatable bonds is 4. The van der Waals surface area contributed by atoms with Gasteiger partial charge in [0.05, 0.1) is 11.9 Å². The minimum absolute atomic E-state index is 0.0150. The average molecular weight is 226 g/mol. The fraction of sp³-hybridized carbons (Fsp3) is 0.0714. The summed E-state index contributed by atoms with van der Waals surface area (Å²) < 4.78 is 0. The summed E-state index contributed by atoms with van der Waals surface area (Å²) in [7, 11) is 0.